The van der Waals surface area contributed by atoms with Gasteiger partial charge in [0.25, 0.3) is 0 Å². The number of hydrogen-bond donors (Lipinski definition) is 3. The largest absolute Gasteiger partial charge is 0.478 e. The van der Waals surface area contributed by atoms with Gasteiger partial charge in [-0.25, -0.2) is 4.79 Å². The van der Waals surface area contributed by atoms with Crippen LogP contribution in [0.15, 0.2) is 36.4 Å². The third kappa shape index (κ3) is 2.92. The van der Waals surface area contributed by atoms with E-state index in [-0.39, 0.29) is 11.3 Å². The number of nitrogen functional groups attached to an aromatic ring is 1. The minimum atomic E-state index is -1.07. The van der Waals surface area contributed by atoms with E-state index in [1.54, 1.807) is 24.3 Å². The highest BCUT2D eigenvalue weighted by Gasteiger charge is 2.10. The topological polar surface area (TPSA) is 75.3 Å². The number of benzene rings is 2. The first kappa shape index (κ1) is 13.5. The number of para-hydroxylation sites is 1. The fraction of sp³-hybridized carbons (Fsp3) is 0. The molecule has 6 heteroatoms. The lowest BCUT2D eigenvalue weighted by Crippen LogP contribution is -2.03. The number of rotatable bonds is 3. The van der Waals surface area contributed by atoms with Crippen LogP contribution in [0.3, 0.4) is 0 Å². The van der Waals surface area contributed by atoms with Crippen molar-refractivity contribution >= 4 is 46.2 Å². The van der Waals surface area contributed by atoms with Crippen molar-refractivity contribution in [1.82, 2.24) is 0 Å². The second-order valence-corrected chi connectivity index (χ2v) is 4.64. The van der Waals surface area contributed by atoms with Crippen LogP contribution in [-0.2, 0) is 0 Å². The molecule has 0 amide bonds. The molecule has 0 radical (unpaired) electrons. The second-order valence-electron chi connectivity index (χ2n) is 3.83. The molecule has 0 bridgehead atoms. The molecule has 0 atom stereocenters. The summed E-state index contributed by atoms with van der Waals surface area (Å²) in [6.07, 6.45) is 0. The summed E-state index contributed by atoms with van der Waals surface area (Å²) < 4.78 is 0. The molecule has 19 heavy (non-hydrogen) atoms. The van der Waals surface area contributed by atoms with Crippen LogP contribution in [0.1, 0.15) is 10.4 Å². The SMILES string of the molecule is Nc1cc(Nc2c(Cl)cccc2Cl)ccc1C(=O)O. The highest BCUT2D eigenvalue weighted by Crippen LogP contribution is 2.33. The number of halogens is 2. The summed E-state index contributed by atoms with van der Waals surface area (Å²) in [5, 5.41) is 12.8. The summed E-state index contributed by atoms with van der Waals surface area (Å²) in [6, 6.07) is 9.67. The predicted molar refractivity (Wildman–Crippen MR) is 77.6 cm³/mol. The quantitative estimate of drug-likeness (QED) is 0.748. The van der Waals surface area contributed by atoms with E-state index in [9.17, 15) is 4.79 Å². The molecule has 0 saturated carbocycles. The van der Waals surface area contributed by atoms with Gasteiger partial charge in [0.15, 0.2) is 0 Å². The number of carboxylic acids is 1. The van der Waals surface area contributed by atoms with E-state index < -0.39 is 5.97 Å². The third-order valence-corrected chi connectivity index (χ3v) is 3.14. The molecule has 0 aliphatic carbocycles. The first-order valence-electron chi connectivity index (χ1n) is 5.33. The molecule has 0 spiro atoms. The van der Waals surface area contributed by atoms with Gasteiger partial charge in [-0.3, -0.25) is 0 Å². The predicted octanol–water partition coefficient (Wildman–Crippen LogP) is 4.02. The summed E-state index contributed by atoms with van der Waals surface area (Å²) in [6.45, 7) is 0. The molecule has 2 aromatic carbocycles. The van der Waals surface area contributed by atoms with Crippen molar-refractivity contribution < 1.29 is 9.90 Å². The van der Waals surface area contributed by atoms with Crippen molar-refractivity contribution in [3.8, 4) is 0 Å². The van der Waals surface area contributed by atoms with E-state index in [2.05, 4.69) is 5.32 Å². The molecule has 4 N–H and O–H groups in total. The number of carbonyl (C=O) groups is 1. The number of aromatic carboxylic acids is 1. The molecule has 98 valence electrons. The molecule has 0 aliphatic heterocycles. The molecule has 0 saturated heterocycles. The Hall–Kier alpha value is -1.91. The number of anilines is 3. The Morgan fingerprint density at radius 2 is 1.79 bits per heavy atom. The summed E-state index contributed by atoms with van der Waals surface area (Å²) in [7, 11) is 0. The number of carboxylic acid groups (broad SMARTS) is 1. The third-order valence-electron chi connectivity index (χ3n) is 2.51. The lowest BCUT2D eigenvalue weighted by molar-refractivity contribution is 0.0698. The molecular formula is C13H10Cl2N2O2. The maximum absolute atomic E-state index is 10.9. The Bertz CT molecular complexity index is 624. The maximum atomic E-state index is 10.9. The Morgan fingerprint density at radius 3 is 2.32 bits per heavy atom. The molecule has 0 unspecified atom stereocenters. The molecule has 2 aromatic rings. The van der Waals surface area contributed by atoms with Gasteiger partial charge in [-0.05, 0) is 30.3 Å². The van der Waals surface area contributed by atoms with E-state index >= 15 is 0 Å². The Kier molecular flexibility index (Phi) is 3.83. The molecule has 0 aromatic heterocycles. The fourth-order valence-electron chi connectivity index (χ4n) is 1.60. The Labute approximate surface area is 119 Å². The van der Waals surface area contributed by atoms with E-state index in [1.165, 1.54) is 12.1 Å². The van der Waals surface area contributed by atoms with E-state index in [1.807, 2.05) is 0 Å². The summed E-state index contributed by atoms with van der Waals surface area (Å²) >= 11 is 12.1. The molecule has 0 fully saturated rings. The van der Waals surface area contributed by atoms with Gasteiger partial charge in [0, 0.05) is 11.4 Å². The van der Waals surface area contributed by atoms with E-state index in [0.29, 0.717) is 21.4 Å². The van der Waals surface area contributed by atoms with Crippen molar-refractivity contribution in [3.63, 3.8) is 0 Å². The van der Waals surface area contributed by atoms with Crippen molar-refractivity contribution in [3.05, 3.63) is 52.0 Å². The Balaban J connectivity index is 2.34. The molecule has 4 nitrogen and oxygen atoms in total. The number of nitrogens with one attached hydrogen (secondary N) is 1. The minimum absolute atomic E-state index is 0.0517. The highest BCUT2D eigenvalue weighted by atomic mass is 35.5. The standard InChI is InChI=1S/C13H10Cl2N2O2/c14-9-2-1-3-10(15)12(9)17-7-4-5-8(13(18)19)11(16)6-7/h1-6,17H,16H2,(H,18,19). The van der Waals surface area contributed by atoms with E-state index in [4.69, 9.17) is 34.0 Å². The van der Waals surface area contributed by atoms with Crippen LogP contribution in [0.5, 0.6) is 0 Å². The molecular weight excluding hydrogens is 287 g/mol. The molecule has 0 heterocycles. The van der Waals surface area contributed by atoms with Crippen molar-refractivity contribution in [1.29, 1.82) is 0 Å². The molecule has 0 aliphatic rings. The van der Waals surface area contributed by atoms with Crippen molar-refractivity contribution in [2.45, 2.75) is 0 Å². The smallest absolute Gasteiger partial charge is 0.337 e. The van der Waals surface area contributed by atoms with Gasteiger partial charge in [0.2, 0.25) is 0 Å². The summed E-state index contributed by atoms with van der Waals surface area (Å²) in [5.41, 5.74) is 7.04. The van der Waals surface area contributed by atoms with Crippen LogP contribution < -0.4 is 11.1 Å². The van der Waals surface area contributed by atoms with Gasteiger partial charge in [-0.1, -0.05) is 29.3 Å². The van der Waals surface area contributed by atoms with Gasteiger partial charge >= 0.3 is 5.97 Å². The average molecular weight is 297 g/mol. The lowest BCUT2D eigenvalue weighted by atomic mass is 10.1. The lowest BCUT2D eigenvalue weighted by Gasteiger charge is -2.11. The monoisotopic (exact) mass is 296 g/mol. The van der Waals surface area contributed by atoms with Crippen molar-refractivity contribution in [2.24, 2.45) is 0 Å². The first-order chi connectivity index (χ1) is 8.99. The van der Waals surface area contributed by atoms with Gasteiger partial charge in [-0.2, -0.15) is 0 Å². The second kappa shape index (κ2) is 5.38. The van der Waals surface area contributed by atoms with Gasteiger partial charge in [-0.15, -0.1) is 0 Å². The normalized spacial score (nSPS) is 10.2. The van der Waals surface area contributed by atoms with Gasteiger partial charge < -0.3 is 16.2 Å². The highest BCUT2D eigenvalue weighted by molar-refractivity contribution is 6.39. The van der Waals surface area contributed by atoms with Crippen LogP contribution >= 0.6 is 23.2 Å². The zero-order valence-electron chi connectivity index (χ0n) is 9.65. The van der Waals surface area contributed by atoms with E-state index in [0.717, 1.165) is 0 Å². The summed E-state index contributed by atoms with van der Waals surface area (Å²) in [4.78, 5) is 10.9. The van der Waals surface area contributed by atoms with Gasteiger partial charge in [0.1, 0.15) is 0 Å². The van der Waals surface area contributed by atoms with Crippen LogP contribution in [-0.4, -0.2) is 11.1 Å². The number of nitrogens with two attached hydrogens (primary N) is 1. The Morgan fingerprint density at radius 1 is 1.16 bits per heavy atom. The average Bonchev–Trinajstić information content (AvgIpc) is 2.33. The fourth-order valence-corrected chi connectivity index (χ4v) is 2.09. The van der Waals surface area contributed by atoms with Crippen molar-refractivity contribution in [2.75, 3.05) is 11.1 Å². The van der Waals surface area contributed by atoms with Crippen LogP contribution in [0.4, 0.5) is 17.1 Å². The molecule has 2 rings (SSSR count). The zero-order chi connectivity index (χ0) is 14.0. The summed E-state index contributed by atoms with van der Waals surface area (Å²) in [5.74, 6) is -1.07. The minimum Gasteiger partial charge on any atom is -0.478 e. The maximum Gasteiger partial charge on any atom is 0.337 e. The van der Waals surface area contributed by atoms with Crippen LogP contribution in [0, 0.1) is 0 Å². The van der Waals surface area contributed by atoms with Gasteiger partial charge in [0.05, 0.1) is 21.3 Å². The first-order valence-corrected chi connectivity index (χ1v) is 6.08. The zero-order valence-corrected chi connectivity index (χ0v) is 11.2. The number of hydrogen-bond acceptors (Lipinski definition) is 3. The van der Waals surface area contributed by atoms with Crippen LogP contribution in [0.2, 0.25) is 10.0 Å². The van der Waals surface area contributed by atoms with Crippen LogP contribution in [0.25, 0.3) is 0 Å².